The molecule has 7 rings (SSSR count). The van der Waals surface area contributed by atoms with Gasteiger partial charge in [0.05, 0.1) is 55.0 Å². The van der Waals surface area contributed by atoms with E-state index in [4.69, 9.17) is 9.72 Å². The van der Waals surface area contributed by atoms with Crippen LogP contribution < -0.4 is 26.3 Å². The summed E-state index contributed by atoms with van der Waals surface area (Å²) in [4.78, 5) is 61.7. The van der Waals surface area contributed by atoms with Crippen molar-refractivity contribution in [3.63, 3.8) is 0 Å². The lowest BCUT2D eigenvalue weighted by Gasteiger charge is -2.48. The number of halogens is 10. The van der Waals surface area contributed by atoms with Crippen LogP contribution in [-0.2, 0) is 32.0 Å². The summed E-state index contributed by atoms with van der Waals surface area (Å²) in [5.41, 5.74) is -4.29. The Hall–Kier alpha value is -6.78. The smallest absolute Gasteiger partial charge is 0.407 e. The molecule has 2 bridgehead atoms. The number of aliphatic hydroxyl groups is 1. The number of aromatic nitrogens is 3. The van der Waals surface area contributed by atoms with E-state index in [0.29, 0.717) is 79.7 Å². The lowest BCUT2D eigenvalue weighted by atomic mass is 9.82. The normalized spacial score (nSPS) is 19.0. The molecule has 18 nitrogen and oxygen atoms in total. The molecule has 0 radical (unpaired) electrons. The molecule has 4 amide bonds. The number of ether oxygens (including phenoxy) is 2. The van der Waals surface area contributed by atoms with Crippen molar-refractivity contribution in [1.29, 1.82) is 0 Å². The van der Waals surface area contributed by atoms with Crippen molar-refractivity contribution < 1.29 is 82.8 Å². The minimum Gasteiger partial charge on any atom is -0.465 e. The second kappa shape index (κ2) is 23.3. The fourth-order valence-electron chi connectivity index (χ4n) is 9.69. The fourth-order valence-corrected chi connectivity index (χ4v) is 9.69. The maximum Gasteiger partial charge on any atom is 0.407 e. The number of piperazine rings is 1. The molecule has 3 aliphatic rings. The monoisotopic (exact) mass is 1120 g/mol. The number of nitrogens with zero attached hydrogens (tertiary/aromatic N) is 6. The molecule has 0 aliphatic carbocycles. The molecule has 2 aromatic carbocycles. The van der Waals surface area contributed by atoms with Gasteiger partial charge in [-0.2, -0.15) is 40.2 Å². The Morgan fingerprint density at radius 2 is 1.37 bits per heavy atom. The Labute approximate surface area is 440 Å². The molecule has 2 aromatic heterocycles. The van der Waals surface area contributed by atoms with E-state index in [1.54, 1.807) is 18.3 Å². The van der Waals surface area contributed by atoms with E-state index in [2.05, 4.69) is 25.0 Å². The van der Waals surface area contributed by atoms with E-state index in [9.17, 15) is 64.5 Å². The Morgan fingerprint density at radius 1 is 0.795 bits per heavy atom. The zero-order valence-corrected chi connectivity index (χ0v) is 42.6. The molecule has 3 fully saturated rings. The summed E-state index contributed by atoms with van der Waals surface area (Å²) in [5.74, 6) is -5.41. The topological polar surface area (TPSA) is 216 Å². The Kier molecular flexibility index (Phi) is 17.6. The van der Waals surface area contributed by atoms with Crippen molar-refractivity contribution in [2.45, 2.75) is 115 Å². The van der Waals surface area contributed by atoms with Crippen LogP contribution in [0.3, 0.4) is 0 Å². The van der Waals surface area contributed by atoms with Gasteiger partial charge in [0, 0.05) is 67.3 Å². The third kappa shape index (κ3) is 13.0. The van der Waals surface area contributed by atoms with Crippen LogP contribution in [0.15, 0.2) is 67.0 Å². The van der Waals surface area contributed by atoms with E-state index < -0.39 is 115 Å². The summed E-state index contributed by atoms with van der Waals surface area (Å²) >= 11 is 0. The van der Waals surface area contributed by atoms with Crippen LogP contribution in [-0.4, -0.2) is 154 Å². The number of alkyl carbamates (subject to hydrolysis) is 1. The van der Waals surface area contributed by atoms with Crippen LogP contribution in [0, 0.1) is 22.5 Å². The number of alkyl halides is 8. The molecule has 6 atom stereocenters. The zero-order chi connectivity index (χ0) is 57.2. The van der Waals surface area contributed by atoms with E-state index in [-0.39, 0.29) is 15.9 Å². The molecule has 426 valence electrons. The molecule has 3 saturated heterocycles. The SMILES string of the molecule is COC(=O)NC(C(=O)NC(Cc1ccc(-c2ccc(N3CC4CCC(C3)N4C3COC3)nc2)cc1)C(O)CN(Cc1c(F)cc(-c2ccn(C(F)F)n2)cc1F)NC(=O)C(NC(=O)O)C(C)(C)C(F)(F)F)C(C)(C)C(F)(F)F. The highest BCUT2D eigenvalue weighted by Gasteiger charge is 2.57. The van der Waals surface area contributed by atoms with Gasteiger partial charge in [0.1, 0.15) is 29.5 Å². The number of methoxy groups -OCH3 is 1. The first kappa shape index (κ1) is 58.9. The van der Waals surface area contributed by atoms with E-state index in [0.717, 1.165) is 64.3 Å². The molecule has 0 spiro atoms. The molecular formula is C50H58F10N10O8. The Balaban J connectivity index is 1.20. The molecule has 28 heteroatoms. The summed E-state index contributed by atoms with van der Waals surface area (Å²) in [5, 5.41) is 31.2. The first-order valence-electron chi connectivity index (χ1n) is 24.5. The number of nitrogens with one attached hydrogen (secondary N) is 4. The highest BCUT2D eigenvalue weighted by molar-refractivity contribution is 5.87. The van der Waals surface area contributed by atoms with Gasteiger partial charge in [-0.3, -0.25) is 19.9 Å². The van der Waals surface area contributed by atoms with Gasteiger partial charge < -0.3 is 40.5 Å². The molecule has 6 unspecified atom stereocenters. The quantitative estimate of drug-likeness (QED) is 0.0398. The second-order valence-electron chi connectivity index (χ2n) is 20.5. The van der Waals surface area contributed by atoms with Crippen molar-refractivity contribution in [3.8, 4) is 22.4 Å². The van der Waals surface area contributed by atoms with Crippen molar-refractivity contribution in [2.75, 3.05) is 44.9 Å². The number of pyridine rings is 1. The second-order valence-corrected chi connectivity index (χ2v) is 20.5. The van der Waals surface area contributed by atoms with Crippen LogP contribution >= 0.6 is 0 Å². The van der Waals surface area contributed by atoms with Gasteiger partial charge in [-0.25, -0.2) is 33.0 Å². The van der Waals surface area contributed by atoms with Crippen LogP contribution in [0.5, 0.6) is 0 Å². The van der Waals surface area contributed by atoms with Gasteiger partial charge in [-0.1, -0.05) is 24.3 Å². The predicted octanol–water partition coefficient (Wildman–Crippen LogP) is 6.80. The van der Waals surface area contributed by atoms with Crippen molar-refractivity contribution in [1.82, 2.24) is 46.0 Å². The molecule has 5 heterocycles. The van der Waals surface area contributed by atoms with Crippen LogP contribution in [0.1, 0.15) is 58.2 Å². The minimum atomic E-state index is -5.28. The number of fused-ring (bicyclic) bond motifs is 2. The summed E-state index contributed by atoms with van der Waals surface area (Å²) in [6, 6.07) is 6.68. The first-order chi connectivity index (χ1) is 36.5. The van der Waals surface area contributed by atoms with Crippen LogP contribution in [0.4, 0.5) is 59.3 Å². The molecular weight excluding hydrogens is 1060 g/mol. The molecule has 78 heavy (non-hydrogen) atoms. The standard InChI is InChI=1S/C50H58F10N10O8/c1-47(2,49(55,56)57)40(64-46(76)77-5)42(72)62-37(16-26-6-8-27(9-7-26)28-10-13-39(61-19-28)67-20-30-11-12-31(21-67)70(30)32-24-78-25-32)38(71)23-68(66-43(73)41(63-45(74)75)48(3,4)50(58,59)60)22-33-34(51)17-29(18-35(33)52)36-14-15-69(65-36)44(53)54/h6-10,13-15,17-19,30-32,37-38,40-41,44,63,71H,11-12,16,20-25H2,1-5H3,(H,62,72)(H,64,76)(H,66,73)(H,74,75). The number of hydrogen-bond acceptors (Lipinski definition) is 12. The van der Waals surface area contributed by atoms with Gasteiger partial charge in [0.25, 0.3) is 5.91 Å². The average molecular weight is 1120 g/mol. The summed E-state index contributed by atoms with van der Waals surface area (Å²) in [7, 11) is 0.818. The molecule has 3 aliphatic heterocycles. The summed E-state index contributed by atoms with van der Waals surface area (Å²) in [6.07, 6.45) is -12.0. The van der Waals surface area contributed by atoms with Crippen molar-refractivity contribution >= 4 is 29.8 Å². The third-order valence-corrected chi connectivity index (χ3v) is 14.6. The Bertz CT molecular complexity index is 2740. The summed E-state index contributed by atoms with van der Waals surface area (Å²) in [6.45, 7) is -0.262. The highest BCUT2D eigenvalue weighted by Crippen LogP contribution is 2.42. The lowest BCUT2D eigenvalue weighted by Crippen LogP contribution is -2.63. The number of hydrazine groups is 1. The molecule has 4 aromatic rings. The number of anilines is 1. The van der Waals surface area contributed by atoms with Gasteiger partial charge in [0.15, 0.2) is 0 Å². The number of amides is 4. The molecule has 0 saturated carbocycles. The highest BCUT2D eigenvalue weighted by atomic mass is 19.4. The van der Waals surface area contributed by atoms with Crippen LogP contribution in [0.2, 0.25) is 0 Å². The number of carboxylic acid groups (broad SMARTS) is 1. The third-order valence-electron chi connectivity index (χ3n) is 14.6. The maximum atomic E-state index is 16.0. The van der Waals surface area contributed by atoms with Crippen LogP contribution in [0.25, 0.3) is 22.4 Å². The van der Waals surface area contributed by atoms with Gasteiger partial charge in [-0.15, -0.1) is 0 Å². The zero-order valence-electron chi connectivity index (χ0n) is 42.6. The number of carbonyl (C=O) groups is 4. The summed E-state index contributed by atoms with van der Waals surface area (Å²) < 4.78 is 155. The van der Waals surface area contributed by atoms with Gasteiger partial charge >= 0.3 is 31.1 Å². The number of carbonyl (C=O) groups excluding carboxylic acids is 3. The minimum absolute atomic E-state index is 0.191. The van der Waals surface area contributed by atoms with E-state index in [1.165, 1.54) is 17.4 Å². The number of benzene rings is 2. The number of hydrogen-bond donors (Lipinski definition) is 6. The largest absolute Gasteiger partial charge is 0.465 e. The van der Waals surface area contributed by atoms with Crippen molar-refractivity contribution in [2.24, 2.45) is 10.8 Å². The van der Waals surface area contributed by atoms with Crippen molar-refractivity contribution in [3.05, 3.63) is 89.8 Å². The first-order valence-corrected chi connectivity index (χ1v) is 24.5. The van der Waals surface area contributed by atoms with E-state index in [1.807, 2.05) is 22.9 Å². The van der Waals surface area contributed by atoms with Gasteiger partial charge in [0.2, 0.25) is 5.91 Å². The fraction of sp³-hybridized carbons (Fsp3) is 0.520. The van der Waals surface area contributed by atoms with Gasteiger partial charge in [-0.05, 0) is 88.4 Å². The molecule has 6 N–H and O–H groups in total. The Morgan fingerprint density at radius 3 is 1.86 bits per heavy atom. The predicted molar refractivity (Wildman–Crippen MR) is 258 cm³/mol. The maximum absolute atomic E-state index is 16.0. The number of aliphatic hydroxyl groups excluding tert-OH is 1. The lowest BCUT2D eigenvalue weighted by molar-refractivity contribution is -0.221. The van der Waals surface area contributed by atoms with E-state index >= 15 is 8.78 Å². The number of rotatable bonds is 20. The average Bonchev–Trinajstić information content (AvgIpc) is 4.01.